The molecular formula is C16H18N4O. The Kier molecular flexibility index (Phi) is 4.12. The lowest BCUT2D eigenvalue weighted by molar-refractivity contribution is 0.438. The summed E-state index contributed by atoms with van der Waals surface area (Å²) >= 11 is 0. The van der Waals surface area contributed by atoms with E-state index in [-0.39, 0.29) is 0 Å². The average Bonchev–Trinajstić information content (AvgIpc) is 3.17. The molecule has 1 N–H and O–H groups in total. The smallest absolute Gasteiger partial charge is 0.208 e. The number of benzene rings is 1. The Morgan fingerprint density at radius 3 is 2.76 bits per heavy atom. The van der Waals surface area contributed by atoms with Crippen molar-refractivity contribution < 1.29 is 4.42 Å². The predicted octanol–water partition coefficient (Wildman–Crippen LogP) is 2.71. The van der Waals surface area contributed by atoms with Crippen LogP contribution in [0.2, 0.25) is 0 Å². The molecule has 0 aliphatic rings. The molecule has 108 valence electrons. The molecule has 0 radical (unpaired) electrons. The SMILES string of the molecule is CCc1cnc(CNCc2ccn(-c3ccccc3)n2)o1. The van der Waals surface area contributed by atoms with Gasteiger partial charge in [-0.2, -0.15) is 5.10 Å². The molecule has 0 amide bonds. The van der Waals surface area contributed by atoms with E-state index in [2.05, 4.69) is 15.4 Å². The third kappa shape index (κ3) is 3.38. The molecule has 3 aromatic rings. The normalized spacial score (nSPS) is 10.9. The second kappa shape index (κ2) is 6.37. The molecule has 1 aromatic carbocycles. The number of aromatic nitrogens is 3. The van der Waals surface area contributed by atoms with E-state index in [4.69, 9.17) is 4.42 Å². The Hall–Kier alpha value is -2.40. The molecule has 0 saturated heterocycles. The minimum atomic E-state index is 0.609. The highest BCUT2D eigenvalue weighted by atomic mass is 16.4. The van der Waals surface area contributed by atoms with Crippen LogP contribution in [0.3, 0.4) is 0 Å². The van der Waals surface area contributed by atoms with Crippen molar-refractivity contribution in [3.63, 3.8) is 0 Å². The van der Waals surface area contributed by atoms with Gasteiger partial charge in [0.25, 0.3) is 0 Å². The highest BCUT2D eigenvalue weighted by Gasteiger charge is 2.04. The van der Waals surface area contributed by atoms with Gasteiger partial charge in [0.05, 0.1) is 24.1 Å². The Morgan fingerprint density at radius 2 is 2.00 bits per heavy atom. The van der Waals surface area contributed by atoms with Crippen molar-refractivity contribution in [1.82, 2.24) is 20.1 Å². The second-order valence-electron chi connectivity index (χ2n) is 4.76. The van der Waals surface area contributed by atoms with Crippen molar-refractivity contribution in [2.75, 3.05) is 0 Å². The molecule has 0 fully saturated rings. The van der Waals surface area contributed by atoms with Gasteiger partial charge < -0.3 is 9.73 Å². The maximum Gasteiger partial charge on any atom is 0.208 e. The molecule has 0 atom stereocenters. The summed E-state index contributed by atoms with van der Waals surface area (Å²) in [6, 6.07) is 12.1. The zero-order valence-corrected chi connectivity index (χ0v) is 12.0. The Morgan fingerprint density at radius 1 is 1.14 bits per heavy atom. The molecule has 5 nitrogen and oxygen atoms in total. The minimum absolute atomic E-state index is 0.609. The fourth-order valence-electron chi connectivity index (χ4n) is 2.07. The molecule has 3 rings (SSSR count). The monoisotopic (exact) mass is 282 g/mol. The highest BCUT2D eigenvalue weighted by Crippen LogP contribution is 2.07. The molecule has 0 bridgehead atoms. The largest absolute Gasteiger partial charge is 0.444 e. The summed E-state index contributed by atoms with van der Waals surface area (Å²) in [4.78, 5) is 4.22. The average molecular weight is 282 g/mol. The van der Waals surface area contributed by atoms with Crippen LogP contribution in [0.4, 0.5) is 0 Å². The van der Waals surface area contributed by atoms with Crippen LogP contribution in [0.25, 0.3) is 5.69 Å². The second-order valence-corrected chi connectivity index (χ2v) is 4.76. The van der Waals surface area contributed by atoms with Gasteiger partial charge in [-0.15, -0.1) is 0 Å². The Balaban J connectivity index is 1.55. The maximum absolute atomic E-state index is 5.55. The Bertz CT molecular complexity index is 687. The van der Waals surface area contributed by atoms with E-state index in [1.807, 2.05) is 54.2 Å². The van der Waals surface area contributed by atoms with Crippen LogP contribution in [0.15, 0.2) is 53.2 Å². The standard InChI is InChI=1S/C16H18N4O/c1-2-15-11-18-16(21-15)12-17-10-13-8-9-20(19-13)14-6-4-3-5-7-14/h3-9,11,17H,2,10,12H2,1H3. The highest BCUT2D eigenvalue weighted by molar-refractivity contribution is 5.30. The first-order chi connectivity index (χ1) is 10.3. The number of oxazole rings is 1. The molecule has 5 heteroatoms. The molecule has 0 spiro atoms. The van der Waals surface area contributed by atoms with Crippen molar-refractivity contribution in [3.8, 4) is 5.69 Å². The lowest BCUT2D eigenvalue weighted by Gasteiger charge is -2.01. The van der Waals surface area contributed by atoms with Gasteiger partial charge in [-0.25, -0.2) is 9.67 Å². The summed E-state index contributed by atoms with van der Waals surface area (Å²) in [5, 5.41) is 7.82. The first kappa shape index (κ1) is 13.6. The van der Waals surface area contributed by atoms with Crippen LogP contribution in [0.5, 0.6) is 0 Å². The molecule has 2 aromatic heterocycles. The van der Waals surface area contributed by atoms with Crippen molar-refractivity contribution in [2.45, 2.75) is 26.4 Å². The summed E-state index contributed by atoms with van der Waals surface area (Å²) in [5.41, 5.74) is 2.05. The van der Waals surface area contributed by atoms with Crippen molar-refractivity contribution in [1.29, 1.82) is 0 Å². The van der Waals surface area contributed by atoms with E-state index >= 15 is 0 Å². The van der Waals surface area contributed by atoms with Crippen LogP contribution in [0, 0.1) is 0 Å². The van der Waals surface area contributed by atoms with Crippen molar-refractivity contribution in [3.05, 3.63) is 66.1 Å². The third-order valence-corrected chi connectivity index (χ3v) is 3.20. The van der Waals surface area contributed by atoms with Crippen molar-refractivity contribution in [2.24, 2.45) is 0 Å². The fraction of sp³-hybridized carbons (Fsp3) is 0.250. The van der Waals surface area contributed by atoms with E-state index in [1.54, 1.807) is 6.20 Å². The van der Waals surface area contributed by atoms with Gasteiger partial charge >= 0.3 is 0 Å². The predicted molar refractivity (Wildman–Crippen MR) is 80.0 cm³/mol. The van der Waals surface area contributed by atoms with Gasteiger partial charge in [0.2, 0.25) is 5.89 Å². The summed E-state index contributed by atoms with van der Waals surface area (Å²) in [5.74, 6) is 1.63. The molecular weight excluding hydrogens is 264 g/mol. The molecule has 0 unspecified atom stereocenters. The zero-order chi connectivity index (χ0) is 14.5. The Labute approximate surface area is 123 Å². The topological polar surface area (TPSA) is 55.9 Å². The number of hydrogen-bond donors (Lipinski definition) is 1. The zero-order valence-electron chi connectivity index (χ0n) is 12.0. The molecule has 0 aliphatic carbocycles. The van der Waals surface area contributed by atoms with Crippen LogP contribution in [0.1, 0.15) is 24.3 Å². The molecule has 21 heavy (non-hydrogen) atoms. The number of aryl methyl sites for hydroxylation is 1. The van der Waals surface area contributed by atoms with Crippen LogP contribution >= 0.6 is 0 Å². The van der Waals surface area contributed by atoms with Crippen LogP contribution in [-0.4, -0.2) is 14.8 Å². The lowest BCUT2D eigenvalue weighted by Crippen LogP contribution is -2.13. The first-order valence-corrected chi connectivity index (χ1v) is 7.09. The minimum Gasteiger partial charge on any atom is -0.444 e. The summed E-state index contributed by atoms with van der Waals surface area (Å²) in [6.45, 7) is 3.34. The fourth-order valence-corrected chi connectivity index (χ4v) is 2.07. The molecule has 0 aliphatic heterocycles. The summed E-state index contributed by atoms with van der Waals surface area (Å²) in [7, 11) is 0. The van der Waals surface area contributed by atoms with E-state index in [0.717, 1.165) is 23.6 Å². The van der Waals surface area contributed by atoms with Gasteiger partial charge in [-0.05, 0) is 18.2 Å². The lowest BCUT2D eigenvalue weighted by atomic mass is 10.3. The van der Waals surface area contributed by atoms with E-state index in [0.29, 0.717) is 19.0 Å². The van der Waals surface area contributed by atoms with Gasteiger partial charge in [0.15, 0.2) is 0 Å². The van der Waals surface area contributed by atoms with Gasteiger partial charge in [0.1, 0.15) is 5.76 Å². The molecule has 0 saturated carbocycles. The number of para-hydroxylation sites is 1. The maximum atomic E-state index is 5.55. The quantitative estimate of drug-likeness (QED) is 0.755. The molecule has 2 heterocycles. The number of hydrogen-bond acceptors (Lipinski definition) is 4. The first-order valence-electron chi connectivity index (χ1n) is 7.09. The van der Waals surface area contributed by atoms with Crippen LogP contribution < -0.4 is 5.32 Å². The summed E-state index contributed by atoms with van der Waals surface area (Å²) in [6.07, 6.45) is 4.61. The van der Waals surface area contributed by atoms with Crippen molar-refractivity contribution >= 4 is 0 Å². The van der Waals surface area contributed by atoms with E-state index in [9.17, 15) is 0 Å². The third-order valence-electron chi connectivity index (χ3n) is 3.20. The number of nitrogens with zero attached hydrogens (tertiary/aromatic N) is 3. The van der Waals surface area contributed by atoms with Gasteiger partial charge in [0, 0.05) is 19.2 Å². The van der Waals surface area contributed by atoms with Gasteiger partial charge in [-0.3, -0.25) is 0 Å². The summed E-state index contributed by atoms with van der Waals surface area (Å²) < 4.78 is 7.42. The van der Waals surface area contributed by atoms with Gasteiger partial charge in [-0.1, -0.05) is 25.1 Å². The van der Waals surface area contributed by atoms with E-state index in [1.165, 1.54) is 0 Å². The van der Waals surface area contributed by atoms with Crippen LogP contribution in [-0.2, 0) is 19.5 Å². The van der Waals surface area contributed by atoms with E-state index < -0.39 is 0 Å². The number of rotatable bonds is 6. The number of nitrogens with one attached hydrogen (secondary N) is 1.